The van der Waals surface area contributed by atoms with Crippen LogP contribution < -0.4 is 0 Å². The van der Waals surface area contributed by atoms with E-state index in [9.17, 15) is 0 Å². The Kier molecular flexibility index (Phi) is 5.50. The summed E-state index contributed by atoms with van der Waals surface area (Å²) in [4.78, 5) is 4.89. The molecule has 0 unspecified atom stereocenters. The number of para-hydroxylation sites is 3. The van der Waals surface area contributed by atoms with Crippen LogP contribution in [0.3, 0.4) is 0 Å². The van der Waals surface area contributed by atoms with Crippen molar-refractivity contribution < 1.29 is 0 Å². The molecule has 3 heteroatoms. The van der Waals surface area contributed by atoms with Crippen LogP contribution >= 0.6 is 0 Å². The molecule has 0 N–H and O–H groups in total. The van der Waals surface area contributed by atoms with E-state index in [-0.39, 0.29) is 0 Å². The summed E-state index contributed by atoms with van der Waals surface area (Å²) in [6, 6.07) is 56.4. The smallest absolute Gasteiger partial charge is 0.0963 e. The highest BCUT2D eigenvalue weighted by atomic mass is 15.0. The normalized spacial score (nSPS) is 11.6. The van der Waals surface area contributed by atoms with Crippen LogP contribution in [0.15, 0.2) is 164 Å². The molecule has 44 heavy (non-hydrogen) atoms. The Morgan fingerprint density at radius 1 is 0.386 bits per heavy atom. The van der Waals surface area contributed by atoms with Crippen LogP contribution in [0, 0.1) is 0 Å². The van der Waals surface area contributed by atoms with Crippen molar-refractivity contribution in [2.45, 2.75) is 0 Å². The van der Waals surface area contributed by atoms with E-state index < -0.39 is 0 Å². The Hall–Kier alpha value is -5.93. The van der Waals surface area contributed by atoms with Gasteiger partial charge >= 0.3 is 0 Å². The van der Waals surface area contributed by atoms with Gasteiger partial charge in [0.2, 0.25) is 0 Å². The fourth-order valence-corrected chi connectivity index (χ4v) is 6.81. The summed E-state index contributed by atoms with van der Waals surface area (Å²) in [5.41, 5.74) is 12.8. The fraction of sp³-hybridized carbons (Fsp3) is 0. The maximum Gasteiger partial charge on any atom is 0.0963 e. The third-order valence-corrected chi connectivity index (χ3v) is 8.77. The molecule has 0 amide bonds. The molecular weight excluding hydrogens is 534 g/mol. The van der Waals surface area contributed by atoms with E-state index in [1.54, 1.807) is 0 Å². The molecule has 9 rings (SSSR count). The van der Waals surface area contributed by atoms with Crippen molar-refractivity contribution in [3.8, 4) is 33.6 Å². The van der Waals surface area contributed by atoms with Gasteiger partial charge in [0.15, 0.2) is 0 Å². The number of fused-ring (bicyclic) bond motifs is 6. The summed E-state index contributed by atoms with van der Waals surface area (Å²) in [5.74, 6) is 0. The first-order chi connectivity index (χ1) is 21.8. The molecule has 6 aromatic carbocycles. The van der Waals surface area contributed by atoms with Gasteiger partial charge in [-0.05, 0) is 71.3 Å². The maximum atomic E-state index is 4.89. The zero-order valence-electron chi connectivity index (χ0n) is 23.9. The molecule has 0 saturated heterocycles. The van der Waals surface area contributed by atoms with Gasteiger partial charge in [0, 0.05) is 39.3 Å². The average Bonchev–Trinajstić information content (AvgIpc) is 3.62. The SMILES string of the molecule is c1ccc(-c2ccc(-n3c4ccc(-c5cccc6c7ccccc7n(-c7ccccc7)c56)cc4c4ncccc43)cc2)cc1. The van der Waals surface area contributed by atoms with Crippen molar-refractivity contribution >= 4 is 43.7 Å². The number of hydrogen-bond donors (Lipinski definition) is 0. The molecule has 3 heterocycles. The lowest BCUT2D eigenvalue weighted by Gasteiger charge is -2.12. The van der Waals surface area contributed by atoms with E-state index in [1.165, 1.54) is 44.1 Å². The predicted molar refractivity (Wildman–Crippen MR) is 184 cm³/mol. The first-order valence-electron chi connectivity index (χ1n) is 15.0. The lowest BCUT2D eigenvalue weighted by atomic mass is 10.0. The molecule has 0 fully saturated rings. The Balaban J connectivity index is 1.27. The van der Waals surface area contributed by atoms with Crippen molar-refractivity contribution in [3.05, 3.63) is 164 Å². The molecule has 0 aliphatic carbocycles. The lowest BCUT2D eigenvalue weighted by Crippen LogP contribution is -1.95. The quantitative estimate of drug-likeness (QED) is 0.210. The predicted octanol–water partition coefficient (Wildman–Crippen LogP) is 10.6. The standard InChI is InChI=1S/C41H27N3/c1-3-11-28(12-4-1)29-20-23-32(24-21-29)43-38-25-22-30(27-36(38)40-39(43)19-10-26-42-40)33-16-9-17-35-34-15-7-8-18-37(34)44(41(33)35)31-13-5-2-6-14-31/h1-27H. The highest BCUT2D eigenvalue weighted by Crippen LogP contribution is 2.40. The summed E-state index contributed by atoms with van der Waals surface area (Å²) in [7, 11) is 0. The highest BCUT2D eigenvalue weighted by molar-refractivity contribution is 6.15. The van der Waals surface area contributed by atoms with E-state index in [1.807, 2.05) is 12.3 Å². The van der Waals surface area contributed by atoms with Crippen LogP contribution in [0.4, 0.5) is 0 Å². The second kappa shape index (κ2) is 9.82. The van der Waals surface area contributed by atoms with Crippen LogP contribution in [0.1, 0.15) is 0 Å². The van der Waals surface area contributed by atoms with Gasteiger partial charge in [0.1, 0.15) is 0 Å². The molecule has 0 spiro atoms. The molecule has 0 aliphatic rings. The number of aromatic nitrogens is 3. The van der Waals surface area contributed by atoms with E-state index in [0.29, 0.717) is 0 Å². The third-order valence-electron chi connectivity index (χ3n) is 8.77. The molecule has 0 aliphatic heterocycles. The summed E-state index contributed by atoms with van der Waals surface area (Å²) in [6.07, 6.45) is 1.89. The van der Waals surface area contributed by atoms with Gasteiger partial charge < -0.3 is 9.13 Å². The van der Waals surface area contributed by atoms with E-state index in [2.05, 4.69) is 161 Å². The Labute approximate surface area is 254 Å². The van der Waals surface area contributed by atoms with Crippen molar-refractivity contribution in [2.75, 3.05) is 0 Å². The molecule has 206 valence electrons. The number of hydrogen-bond acceptors (Lipinski definition) is 1. The molecule has 0 radical (unpaired) electrons. The molecule has 0 bridgehead atoms. The van der Waals surface area contributed by atoms with Gasteiger partial charge in [-0.3, -0.25) is 4.98 Å². The maximum absolute atomic E-state index is 4.89. The van der Waals surface area contributed by atoms with Gasteiger partial charge in [0.25, 0.3) is 0 Å². The minimum absolute atomic E-state index is 1.01. The van der Waals surface area contributed by atoms with Gasteiger partial charge in [-0.1, -0.05) is 103 Å². The summed E-state index contributed by atoms with van der Waals surface area (Å²) in [5, 5.41) is 3.65. The van der Waals surface area contributed by atoms with Crippen molar-refractivity contribution in [2.24, 2.45) is 0 Å². The molecular formula is C41H27N3. The topological polar surface area (TPSA) is 22.8 Å². The summed E-state index contributed by atoms with van der Waals surface area (Å²) < 4.78 is 4.73. The first-order valence-corrected chi connectivity index (χ1v) is 15.0. The lowest BCUT2D eigenvalue weighted by molar-refractivity contribution is 1.17. The monoisotopic (exact) mass is 561 g/mol. The van der Waals surface area contributed by atoms with Crippen molar-refractivity contribution in [1.29, 1.82) is 0 Å². The van der Waals surface area contributed by atoms with Crippen molar-refractivity contribution in [1.82, 2.24) is 14.1 Å². The highest BCUT2D eigenvalue weighted by Gasteiger charge is 2.18. The van der Waals surface area contributed by atoms with Gasteiger partial charge in [-0.25, -0.2) is 0 Å². The van der Waals surface area contributed by atoms with E-state index >= 15 is 0 Å². The van der Waals surface area contributed by atoms with Crippen LogP contribution in [-0.2, 0) is 0 Å². The fourth-order valence-electron chi connectivity index (χ4n) is 6.81. The number of rotatable bonds is 4. The largest absolute Gasteiger partial charge is 0.309 e. The van der Waals surface area contributed by atoms with Gasteiger partial charge in [0.05, 0.1) is 27.6 Å². The van der Waals surface area contributed by atoms with Gasteiger partial charge in [-0.2, -0.15) is 0 Å². The molecule has 3 aromatic heterocycles. The molecule has 9 aromatic rings. The van der Waals surface area contributed by atoms with Crippen LogP contribution in [0.2, 0.25) is 0 Å². The third kappa shape index (κ3) is 3.73. The number of nitrogens with zero attached hydrogens (tertiary/aromatic N) is 3. The number of pyridine rings is 1. The van der Waals surface area contributed by atoms with Crippen LogP contribution in [0.25, 0.3) is 77.4 Å². The van der Waals surface area contributed by atoms with Crippen LogP contribution in [-0.4, -0.2) is 14.1 Å². The minimum Gasteiger partial charge on any atom is -0.309 e. The van der Waals surface area contributed by atoms with Gasteiger partial charge in [-0.15, -0.1) is 0 Å². The second-order valence-electron chi connectivity index (χ2n) is 11.2. The zero-order chi connectivity index (χ0) is 29.0. The Bertz CT molecular complexity index is 2470. The Morgan fingerprint density at radius 2 is 1.02 bits per heavy atom. The second-order valence-corrected chi connectivity index (χ2v) is 11.2. The first kappa shape index (κ1) is 24.6. The Morgan fingerprint density at radius 3 is 1.86 bits per heavy atom. The van der Waals surface area contributed by atoms with Crippen LogP contribution in [0.5, 0.6) is 0 Å². The summed E-state index contributed by atoms with van der Waals surface area (Å²) >= 11 is 0. The molecule has 0 atom stereocenters. The minimum atomic E-state index is 1.01. The average molecular weight is 562 g/mol. The zero-order valence-corrected chi connectivity index (χ0v) is 23.9. The van der Waals surface area contributed by atoms with E-state index in [0.717, 1.165) is 33.3 Å². The molecule has 3 nitrogen and oxygen atoms in total. The van der Waals surface area contributed by atoms with E-state index in [4.69, 9.17) is 4.98 Å². The molecule has 0 saturated carbocycles. The number of benzene rings is 6. The summed E-state index contributed by atoms with van der Waals surface area (Å²) in [6.45, 7) is 0. The van der Waals surface area contributed by atoms with Crippen molar-refractivity contribution in [3.63, 3.8) is 0 Å².